The lowest BCUT2D eigenvalue weighted by molar-refractivity contribution is 0.0890. The number of benzene rings is 1. The van der Waals surface area contributed by atoms with Gasteiger partial charge in [-0.05, 0) is 50.3 Å². The van der Waals surface area contributed by atoms with Gasteiger partial charge in [0.15, 0.2) is 0 Å². The lowest BCUT2D eigenvalue weighted by Crippen LogP contribution is -2.43. The third-order valence-corrected chi connectivity index (χ3v) is 5.68. The molecule has 3 atom stereocenters. The standard InChI is InChI=1S/C21H28N2O3/c1-13-7-5-10-20(14(13)2)22-21(24)17-8-6-9-18(11-17)25-12-19-15(3)23-26-16(19)4/h6,8-9,11,13-14,20H,5,7,10,12H2,1-4H3,(H,22,24)/t13-,14+,20+/m1/s1. The summed E-state index contributed by atoms with van der Waals surface area (Å²) in [7, 11) is 0. The first kappa shape index (κ1) is 18.5. The zero-order valence-electron chi connectivity index (χ0n) is 16.0. The van der Waals surface area contributed by atoms with Crippen LogP contribution in [0.1, 0.15) is 60.5 Å². The Morgan fingerprint density at radius 3 is 2.85 bits per heavy atom. The first-order valence-electron chi connectivity index (χ1n) is 9.41. The molecule has 0 aliphatic heterocycles. The van der Waals surface area contributed by atoms with Gasteiger partial charge in [0.05, 0.1) is 11.3 Å². The number of ether oxygens (including phenoxy) is 1. The van der Waals surface area contributed by atoms with Gasteiger partial charge in [-0.15, -0.1) is 0 Å². The molecule has 140 valence electrons. The van der Waals surface area contributed by atoms with E-state index in [1.165, 1.54) is 12.8 Å². The van der Waals surface area contributed by atoms with Crippen LogP contribution in [0.3, 0.4) is 0 Å². The van der Waals surface area contributed by atoms with Crippen molar-refractivity contribution in [2.24, 2.45) is 11.8 Å². The topological polar surface area (TPSA) is 64.4 Å². The Hall–Kier alpha value is -2.30. The minimum absolute atomic E-state index is 0.0289. The highest BCUT2D eigenvalue weighted by molar-refractivity contribution is 5.94. The molecule has 1 heterocycles. The predicted octanol–water partition coefficient (Wildman–Crippen LogP) is 4.42. The van der Waals surface area contributed by atoms with Crippen LogP contribution in [-0.4, -0.2) is 17.1 Å². The van der Waals surface area contributed by atoms with E-state index < -0.39 is 0 Å². The van der Waals surface area contributed by atoms with Gasteiger partial charge in [-0.1, -0.05) is 37.9 Å². The molecule has 1 fully saturated rings. The van der Waals surface area contributed by atoms with E-state index in [2.05, 4.69) is 24.3 Å². The van der Waals surface area contributed by atoms with Crippen molar-refractivity contribution in [2.45, 2.75) is 59.6 Å². The normalized spacial score (nSPS) is 22.8. The van der Waals surface area contributed by atoms with E-state index in [9.17, 15) is 4.79 Å². The summed E-state index contributed by atoms with van der Waals surface area (Å²) in [4.78, 5) is 12.7. The van der Waals surface area contributed by atoms with Crippen LogP contribution >= 0.6 is 0 Å². The molecule has 1 aromatic carbocycles. The minimum Gasteiger partial charge on any atom is -0.489 e. The monoisotopic (exact) mass is 356 g/mol. The van der Waals surface area contributed by atoms with Crippen molar-refractivity contribution in [1.82, 2.24) is 10.5 Å². The van der Waals surface area contributed by atoms with Gasteiger partial charge in [0, 0.05) is 11.6 Å². The summed E-state index contributed by atoms with van der Waals surface area (Å²) in [5, 5.41) is 7.14. The van der Waals surface area contributed by atoms with Crippen LogP contribution in [0, 0.1) is 25.7 Å². The molecule has 0 saturated heterocycles. The second-order valence-corrected chi connectivity index (χ2v) is 7.47. The zero-order chi connectivity index (χ0) is 18.7. The van der Waals surface area contributed by atoms with Crippen LogP contribution in [0.4, 0.5) is 0 Å². The van der Waals surface area contributed by atoms with Crippen LogP contribution in [0.2, 0.25) is 0 Å². The Bertz CT molecular complexity index is 749. The third kappa shape index (κ3) is 4.09. The van der Waals surface area contributed by atoms with Crippen LogP contribution < -0.4 is 10.1 Å². The van der Waals surface area contributed by atoms with Crippen molar-refractivity contribution in [3.63, 3.8) is 0 Å². The maximum atomic E-state index is 12.7. The number of nitrogens with zero attached hydrogens (tertiary/aromatic N) is 1. The molecule has 3 rings (SSSR count). The van der Waals surface area contributed by atoms with E-state index in [0.29, 0.717) is 29.8 Å². The Morgan fingerprint density at radius 1 is 1.31 bits per heavy atom. The maximum absolute atomic E-state index is 12.7. The molecule has 1 amide bonds. The second-order valence-electron chi connectivity index (χ2n) is 7.47. The van der Waals surface area contributed by atoms with E-state index in [1.807, 2.05) is 32.0 Å². The fourth-order valence-electron chi connectivity index (χ4n) is 3.63. The summed E-state index contributed by atoms with van der Waals surface area (Å²) in [6, 6.07) is 7.59. The first-order valence-corrected chi connectivity index (χ1v) is 9.41. The minimum atomic E-state index is -0.0289. The third-order valence-electron chi connectivity index (χ3n) is 5.68. The molecule has 0 bridgehead atoms. The Balaban J connectivity index is 1.64. The van der Waals surface area contributed by atoms with Gasteiger partial charge >= 0.3 is 0 Å². The van der Waals surface area contributed by atoms with Gasteiger partial charge in [-0.2, -0.15) is 0 Å². The summed E-state index contributed by atoms with van der Waals surface area (Å²) in [5.74, 6) is 2.56. The molecule has 2 aromatic rings. The summed E-state index contributed by atoms with van der Waals surface area (Å²) >= 11 is 0. The number of nitrogens with one attached hydrogen (secondary N) is 1. The van der Waals surface area contributed by atoms with E-state index in [0.717, 1.165) is 23.4 Å². The maximum Gasteiger partial charge on any atom is 0.251 e. The highest BCUT2D eigenvalue weighted by Gasteiger charge is 2.28. The molecule has 0 radical (unpaired) electrons. The van der Waals surface area contributed by atoms with Gasteiger partial charge in [-0.3, -0.25) is 4.79 Å². The smallest absolute Gasteiger partial charge is 0.251 e. The number of amides is 1. The Morgan fingerprint density at radius 2 is 2.12 bits per heavy atom. The molecule has 1 aromatic heterocycles. The highest BCUT2D eigenvalue weighted by Crippen LogP contribution is 2.29. The zero-order valence-corrected chi connectivity index (χ0v) is 16.0. The lowest BCUT2D eigenvalue weighted by atomic mass is 9.78. The molecule has 5 heteroatoms. The Labute approximate surface area is 155 Å². The summed E-state index contributed by atoms with van der Waals surface area (Å²) in [5.41, 5.74) is 2.41. The molecule has 1 N–H and O–H groups in total. The van der Waals surface area contributed by atoms with E-state index in [4.69, 9.17) is 9.26 Å². The summed E-state index contributed by atoms with van der Waals surface area (Å²) < 4.78 is 11.0. The summed E-state index contributed by atoms with van der Waals surface area (Å²) in [6.45, 7) is 8.65. The van der Waals surface area contributed by atoms with E-state index >= 15 is 0 Å². The predicted molar refractivity (Wildman–Crippen MR) is 100 cm³/mol. The van der Waals surface area contributed by atoms with Crippen LogP contribution in [-0.2, 0) is 6.61 Å². The average molecular weight is 356 g/mol. The van der Waals surface area contributed by atoms with Crippen LogP contribution in [0.5, 0.6) is 5.75 Å². The molecule has 1 aliphatic rings. The lowest BCUT2D eigenvalue weighted by Gasteiger charge is -2.34. The number of aromatic nitrogens is 1. The second kappa shape index (κ2) is 7.94. The van der Waals surface area contributed by atoms with Crippen molar-refractivity contribution in [3.05, 3.63) is 46.8 Å². The van der Waals surface area contributed by atoms with Gasteiger partial charge in [0.1, 0.15) is 18.1 Å². The largest absolute Gasteiger partial charge is 0.489 e. The fourth-order valence-corrected chi connectivity index (χ4v) is 3.63. The van der Waals surface area contributed by atoms with Crippen molar-refractivity contribution in [2.75, 3.05) is 0 Å². The van der Waals surface area contributed by atoms with Crippen molar-refractivity contribution < 1.29 is 14.1 Å². The molecule has 5 nitrogen and oxygen atoms in total. The molecular formula is C21H28N2O3. The van der Waals surface area contributed by atoms with Gasteiger partial charge < -0.3 is 14.6 Å². The van der Waals surface area contributed by atoms with Crippen LogP contribution in [0.15, 0.2) is 28.8 Å². The highest BCUT2D eigenvalue weighted by atomic mass is 16.5. The molecule has 1 aliphatic carbocycles. The number of aryl methyl sites for hydroxylation is 2. The van der Waals surface area contributed by atoms with Crippen molar-refractivity contribution >= 4 is 5.91 Å². The molecule has 26 heavy (non-hydrogen) atoms. The SMILES string of the molecule is Cc1noc(C)c1COc1cccc(C(=O)N[C@H]2CCC[C@@H](C)[C@@H]2C)c1. The molecule has 1 saturated carbocycles. The number of hydrogen-bond acceptors (Lipinski definition) is 4. The molecule has 0 spiro atoms. The quantitative estimate of drug-likeness (QED) is 0.861. The number of hydrogen-bond donors (Lipinski definition) is 1. The number of carbonyl (C=O) groups excluding carboxylic acids is 1. The van der Waals surface area contributed by atoms with Gasteiger partial charge in [0.2, 0.25) is 0 Å². The van der Waals surface area contributed by atoms with E-state index in [-0.39, 0.29) is 11.9 Å². The molecular weight excluding hydrogens is 328 g/mol. The average Bonchev–Trinajstić information content (AvgIpc) is 2.95. The fraction of sp³-hybridized carbons (Fsp3) is 0.524. The first-order chi connectivity index (χ1) is 12.5. The van der Waals surface area contributed by atoms with Crippen molar-refractivity contribution in [1.29, 1.82) is 0 Å². The Kier molecular flexibility index (Phi) is 5.64. The van der Waals surface area contributed by atoms with Crippen LogP contribution in [0.25, 0.3) is 0 Å². The van der Waals surface area contributed by atoms with Crippen molar-refractivity contribution in [3.8, 4) is 5.75 Å². The van der Waals surface area contributed by atoms with Gasteiger partial charge in [0.25, 0.3) is 5.91 Å². The van der Waals surface area contributed by atoms with E-state index in [1.54, 1.807) is 6.07 Å². The molecule has 0 unspecified atom stereocenters. The summed E-state index contributed by atoms with van der Waals surface area (Å²) in [6.07, 6.45) is 3.48. The number of rotatable bonds is 5. The number of carbonyl (C=O) groups is 1. The van der Waals surface area contributed by atoms with Gasteiger partial charge in [-0.25, -0.2) is 0 Å².